The Morgan fingerprint density at radius 2 is 2.04 bits per heavy atom. The lowest BCUT2D eigenvalue weighted by molar-refractivity contribution is -0.121. The summed E-state index contributed by atoms with van der Waals surface area (Å²) in [5.41, 5.74) is 12.7. The summed E-state index contributed by atoms with van der Waals surface area (Å²) < 4.78 is 0. The number of fused-ring (bicyclic) bond motifs is 1. The number of aromatic amines is 1. The van der Waals surface area contributed by atoms with Crippen LogP contribution in [0, 0.1) is 5.92 Å². The number of carbonyl (C=O) groups excluding carboxylic acids is 1. The molecule has 7 heteroatoms. The van der Waals surface area contributed by atoms with E-state index >= 15 is 0 Å². The molecule has 1 atom stereocenters. The van der Waals surface area contributed by atoms with E-state index in [1.807, 2.05) is 31.2 Å². The minimum atomic E-state index is -0.0491. The highest BCUT2D eigenvalue weighted by atomic mass is 16.2. The van der Waals surface area contributed by atoms with E-state index in [-0.39, 0.29) is 11.8 Å². The second-order valence-electron chi connectivity index (χ2n) is 5.93. The Morgan fingerprint density at radius 1 is 1.21 bits per heavy atom. The average Bonchev–Trinajstić information content (AvgIpc) is 2.98. The molecule has 0 saturated carbocycles. The lowest BCUT2D eigenvalue weighted by Crippen LogP contribution is -2.31. The first-order valence-electron chi connectivity index (χ1n) is 7.68. The van der Waals surface area contributed by atoms with Crippen molar-refractivity contribution in [2.24, 2.45) is 11.0 Å². The molecular weight excluding hydrogens is 304 g/mol. The number of H-pyrrole nitrogens is 1. The van der Waals surface area contributed by atoms with Crippen LogP contribution in [0.4, 0.5) is 5.82 Å². The van der Waals surface area contributed by atoms with Gasteiger partial charge in [-0.05, 0) is 24.3 Å². The molecule has 1 amide bonds. The zero-order valence-corrected chi connectivity index (χ0v) is 13.1. The Balaban J connectivity index is 1.74. The molecule has 120 valence electrons. The van der Waals surface area contributed by atoms with E-state index in [1.54, 1.807) is 12.3 Å². The molecule has 24 heavy (non-hydrogen) atoms. The van der Waals surface area contributed by atoms with E-state index in [1.165, 1.54) is 0 Å². The van der Waals surface area contributed by atoms with E-state index in [2.05, 4.69) is 25.5 Å². The van der Waals surface area contributed by atoms with Crippen molar-refractivity contribution in [1.29, 1.82) is 0 Å². The predicted octanol–water partition coefficient (Wildman–Crippen LogP) is 2.07. The van der Waals surface area contributed by atoms with E-state index in [9.17, 15) is 4.79 Å². The number of carbonyl (C=O) groups is 1. The quantitative estimate of drug-likeness (QED) is 0.671. The van der Waals surface area contributed by atoms with Gasteiger partial charge in [-0.2, -0.15) is 5.10 Å². The van der Waals surface area contributed by atoms with Crippen LogP contribution in [-0.4, -0.2) is 26.6 Å². The number of hydrogen-bond donors (Lipinski definition) is 3. The molecule has 0 fully saturated rings. The number of amides is 1. The van der Waals surface area contributed by atoms with Gasteiger partial charge in [0.15, 0.2) is 0 Å². The van der Waals surface area contributed by atoms with Gasteiger partial charge in [-0.25, -0.2) is 15.4 Å². The number of hydrogen-bond acceptors (Lipinski definition) is 5. The second-order valence-corrected chi connectivity index (χ2v) is 5.93. The lowest BCUT2D eigenvalue weighted by Gasteiger charge is -2.18. The number of aromatic nitrogens is 3. The zero-order chi connectivity index (χ0) is 16.7. The van der Waals surface area contributed by atoms with Gasteiger partial charge in [0.25, 0.3) is 0 Å². The van der Waals surface area contributed by atoms with Gasteiger partial charge in [0, 0.05) is 29.7 Å². The highest BCUT2D eigenvalue weighted by Gasteiger charge is 2.22. The van der Waals surface area contributed by atoms with Crippen molar-refractivity contribution in [2.75, 3.05) is 5.73 Å². The fraction of sp³-hybridized carbons (Fsp3) is 0.176. The van der Waals surface area contributed by atoms with E-state index < -0.39 is 0 Å². The third-order valence-corrected chi connectivity index (χ3v) is 4.10. The van der Waals surface area contributed by atoms with Crippen molar-refractivity contribution < 1.29 is 4.79 Å². The first-order valence-corrected chi connectivity index (χ1v) is 7.68. The predicted molar refractivity (Wildman–Crippen MR) is 92.2 cm³/mol. The van der Waals surface area contributed by atoms with Gasteiger partial charge in [0.05, 0.1) is 16.7 Å². The largest absolute Gasteiger partial charge is 0.384 e. The number of nitrogens with zero attached hydrogens (tertiary/aromatic N) is 3. The molecule has 7 nitrogen and oxygen atoms in total. The molecule has 2 aromatic heterocycles. The number of nitrogens with one attached hydrogen (secondary N) is 2. The zero-order valence-electron chi connectivity index (χ0n) is 13.1. The minimum absolute atomic E-state index is 0.0491. The number of rotatable bonds is 2. The first kappa shape index (κ1) is 14.4. The number of anilines is 1. The maximum absolute atomic E-state index is 11.4. The molecule has 1 aromatic carbocycles. The normalized spacial score (nSPS) is 17.6. The SMILES string of the molecule is CC1CC(=O)NN=C1c1ccc2nc(-c3ccc(N)nc3)[nH]c2c1. The van der Waals surface area contributed by atoms with Crippen LogP contribution in [0.15, 0.2) is 41.6 Å². The van der Waals surface area contributed by atoms with Gasteiger partial charge >= 0.3 is 0 Å². The number of imidazole rings is 1. The van der Waals surface area contributed by atoms with Crippen molar-refractivity contribution in [1.82, 2.24) is 20.4 Å². The molecule has 3 aromatic rings. The molecule has 0 spiro atoms. The third-order valence-electron chi connectivity index (χ3n) is 4.10. The number of hydrazone groups is 1. The second kappa shape index (κ2) is 5.45. The molecule has 1 unspecified atom stereocenters. The maximum Gasteiger partial charge on any atom is 0.240 e. The minimum Gasteiger partial charge on any atom is -0.384 e. The molecule has 0 aliphatic carbocycles. The first-order chi connectivity index (χ1) is 11.6. The van der Waals surface area contributed by atoms with Gasteiger partial charge in [-0.3, -0.25) is 4.79 Å². The molecule has 1 aliphatic heterocycles. The van der Waals surface area contributed by atoms with Gasteiger partial charge < -0.3 is 10.7 Å². The van der Waals surface area contributed by atoms with E-state index in [0.717, 1.165) is 33.7 Å². The van der Waals surface area contributed by atoms with Gasteiger partial charge in [-0.15, -0.1) is 0 Å². The van der Waals surface area contributed by atoms with Gasteiger partial charge in [0.1, 0.15) is 11.6 Å². The van der Waals surface area contributed by atoms with Crippen LogP contribution in [0.1, 0.15) is 18.9 Å². The fourth-order valence-electron chi connectivity index (χ4n) is 2.85. The third kappa shape index (κ3) is 2.50. The van der Waals surface area contributed by atoms with Crippen LogP contribution in [0.2, 0.25) is 0 Å². The Hall–Kier alpha value is -3.22. The molecule has 3 heterocycles. The maximum atomic E-state index is 11.4. The highest BCUT2D eigenvalue weighted by Crippen LogP contribution is 2.23. The molecule has 0 bridgehead atoms. The molecular formula is C17H16N6O. The molecule has 0 radical (unpaired) electrons. The summed E-state index contributed by atoms with van der Waals surface area (Å²) in [4.78, 5) is 23.4. The fourth-order valence-corrected chi connectivity index (χ4v) is 2.85. The number of nitrogen functional groups attached to an aromatic ring is 1. The number of benzene rings is 1. The van der Waals surface area contributed by atoms with Crippen molar-refractivity contribution in [3.8, 4) is 11.4 Å². The summed E-state index contributed by atoms with van der Waals surface area (Å²) in [6, 6.07) is 9.55. The van der Waals surface area contributed by atoms with E-state index in [4.69, 9.17) is 5.73 Å². The van der Waals surface area contributed by atoms with Crippen LogP contribution in [0.5, 0.6) is 0 Å². The summed E-state index contributed by atoms with van der Waals surface area (Å²) in [5.74, 6) is 1.25. The molecule has 4 rings (SSSR count). The Bertz CT molecular complexity index is 957. The summed E-state index contributed by atoms with van der Waals surface area (Å²) in [5, 5.41) is 4.20. The van der Waals surface area contributed by atoms with Crippen LogP contribution in [0.25, 0.3) is 22.4 Å². The summed E-state index contributed by atoms with van der Waals surface area (Å²) in [6.07, 6.45) is 2.14. The topological polar surface area (TPSA) is 109 Å². The molecule has 1 aliphatic rings. The van der Waals surface area contributed by atoms with Crippen molar-refractivity contribution >= 4 is 28.5 Å². The van der Waals surface area contributed by atoms with E-state index in [0.29, 0.717) is 12.2 Å². The smallest absolute Gasteiger partial charge is 0.240 e. The van der Waals surface area contributed by atoms with Crippen LogP contribution < -0.4 is 11.2 Å². The Labute approximate surface area is 138 Å². The summed E-state index contributed by atoms with van der Waals surface area (Å²) in [7, 11) is 0. The van der Waals surface area contributed by atoms with Crippen LogP contribution >= 0.6 is 0 Å². The summed E-state index contributed by atoms with van der Waals surface area (Å²) in [6.45, 7) is 2.00. The summed E-state index contributed by atoms with van der Waals surface area (Å²) >= 11 is 0. The van der Waals surface area contributed by atoms with Crippen molar-refractivity contribution in [2.45, 2.75) is 13.3 Å². The average molecular weight is 320 g/mol. The standard InChI is InChI=1S/C17H16N6O/c1-9-6-15(24)22-23-16(9)10-2-4-12-13(7-10)21-17(20-12)11-3-5-14(18)19-8-11/h2-5,7-9H,6H2,1H3,(H2,18,19)(H,20,21)(H,22,24). The van der Waals surface area contributed by atoms with Gasteiger partial charge in [-0.1, -0.05) is 13.0 Å². The number of pyridine rings is 1. The molecule has 4 N–H and O–H groups in total. The van der Waals surface area contributed by atoms with Crippen molar-refractivity contribution in [3.05, 3.63) is 42.1 Å². The molecule has 0 saturated heterocycles. The van der Waals surface area contributed by atoms with Gasteiger partial charge in [0.2, 0.25) is 5.91 Å². The van der Waals surface area contributed by atoms with Crippen molar-refractivity contribution in [3.63, 3.8) is 0 Å². The number of nitrogens with two attached hydrogens (primary N) is 1. The Kier molecular flexibility index (Phi) is 3.26. The van der Waals surface area contributed by atoms with Crippen LogP contribution in [-0.2, 0) is 4.79 Å². The van der Waals surface area contributed by atoms with Crippen LogP contribution in [0.3, 0.4) is 0 Å². The highest BCUT2D eigenvalue weighted by molar-refractivity contribution is 6.07. The Morgan fingerprint density at radius 3 is 2.79 bits per heavy atom. The lowest BCUT2D eigenvalue weighted by atomic mass is 9.94. The monoisotopic (exact) mass is 320 g/mol.